The fraction of sp³-hybridized carbons (Fsp3) is 0.400. The molecule has 18 heavy (non-hydrogen) atoms. The maximum absolute atomic E-state index is 12.7. The summed E-state index contributed by atoms with van der Waals surface area (Å²) < 4.78 is 6.73. The van der Waals surface area contributed by atoms with E-state index in [1.54, 1.807) is 11.3 Å². The number of hydrogen-bond acceptors (Lipinski definition) is 3. The fourth-order valence-electron chi connectivity index (χ4n) is 2.10. The lowest BCUT2D eigenvalue weighted by molar-refractivity contribution is -0.0114. The van der Waals surface area contributed by atoms with Crippen molar-refractivity contribution in [3.63, 3.8) is 0 Å². The number of Topliss-reactive ketones (excluding diaryl/α,β-unsaturated/α-hetero) is 1. The minimum atomic E-state index is -0.715. The lowest BCUT2D eigenvalue weighted by Gasteiger charge is -2.26. The number of rotatable bonds is 5. The van der Waals surface area contributed by atoms with Gasteiger partial charge in [0.2, 0.25) is 0 Å². The van der Waals surface area contributed by atoms with Gasteiger partial charge in [0.15, 0.2) is 5.78 Å². The Balaban J connectivity index is 2.47. The molecular weight excluding hydrogens is 244 g/mol. The second kappa shape index (κ2) is 5.21. The summed E-state index contributed by atoms with van der Waals surface area (Å²) in [6.45, 7) is 6.34. The van der Waals surface area contributed by atoms with Crippen LogP contribution < -0.4 is 0 Å². The summed E-state index contributed by atoms with van der Waals surface area (Å²) in [4.78, 5) is 12.7. The Kier molecular flexibility index (Phi) is 3.83. The van der Waals surface area contributed by atoms with E-state index in [4.69, 9.17) is 4.74 Å². The highest BCUT2D eigenvalue weighted by molar-refractivity contribution is 7.17. The predicted molar refractivity (Wildman–Crippen MR) is 76.5 cm³/mol. The largest absolute Gasteiger partial charge is 0.367 e. The third kappa shape index (κ3) is 2.20. The molecule has 1 aromatic heterocycles. The molecule has 0 fully saturated rings. The van der Waals surface area contributed by atoms with Gasteiger partial charge in [-0.3, -0.25) is 4.79 Å². The van der Waals surface area contributed by atoms with E-state index < -0.39 is 5.60 Å². The van der Waals surface area contributed by atoms with Crippen LogP contribution in [0.4, 0.5) is 0 Å². The second-order valence-corrected chi connectivity index (χ2v) is 5.41. The zero-order chi connectivity index (χ0) is 13.2. The van der Waals surface area contributed by atoms with Crippen LogP contribution in [0.5, 0.6) is 0 Å². The molecule has 0 amide bonds. The van der Waals surface area contributed by atoms with Crippen LogP contribution in [0.1, 0.15) is 37.6 Å². The van der Waals surface area contributed by atoms with Gasteiger partial charge in [-0.15, -0.1) is 11.3 Å². The average molecular weight is 262 g/mol. The zero-order valence-electron chi connectivity index (χ0n) is 11.0. The first kappa shape index (κ1) is 13.2. The Bertz CT molecular complexity index is 558. The number of ether oxygens (including phenoxy) is 1. The molecule has 0 spiro atoms. The van der Waals surface area contributed by atoms with E-state index in [1.165, 1.54) is 0 Å². The van der Waals surface area contributed by atoms with Crippen LogP contribution >= 0.6 is 11.3 Å². The van der Waals surface area contributed by atoms with Gasteiger partial charge in [0.05, 0.1) is 0 Å². The molecule has 0 saturated carbocycles. The molecule has 2 nitrogen and oxygen atoms in total. The summed E-state index contributed by atoms with van der Waals surface area (Å²) in [6.07, 6.45) is 0.682. The van der Waals surface area contributed by atoms with Crippen molar-refractivity contribution in [2.24, 2.45) is 0 Å². The third-order valence-electron chi connectivity index (χ3n) is 3.34. The van der Waals surface area contributed by atoms with E-state index in [0.717, 1.165) is 15.6 Å². The van der Waals surface area contributed by atoms with E-state index in [1.807, 2.05) is 50.4 Å². The SMILES string of the molecule is CCOC(C)(CC)C(=O)c1cccc2ccsc12. The third-order valence-corrected chi connectivity index (χ3v) is 4.30. The zero-order valence-corrected chi connectivity index (χ0v) is 11.8. The molecular formula is C15H18O2S. The van der Waals surface area contributed by atoms with Gasteiger partial charge >= 0.3 is 0 Å². The molecule has 0 aliphatic heterocycles. The Morgan fingerprint density at radius 1 is 1.33 bits per heavy atom. The van der Waals surface area contributed by atoms with Gasteiger partial charge in [-0.25, -0.2) is 0 Å². The molecule has 0 bridgehead atoms. The van der Waals surface area contributed by atoms with Crippen LogP contribution in [0, 0.1) is 0 Å². The van der Waals surface area contributed by atoms with Crippen molar-refractivity contribution in [1.82, 2.24) is 0 Å². The van der Waals surface area contributed by atoms with E-state index in [9.17, 15) is 4.79 Å². The minimum absolute atomic E-state index is 0.0832. The maximum Gasteiger partial charge on any atom is 0.195 e. The molecule has 2 aromatic rings. The van der Waals surface area contributed by atoms with Gasteiger partial charge in [-0.2, -0.15) is 0 Å². The second-order valence-electron chi connectivity index (χ2n) is 4.49. The molecule has 2 rings (SSSR count). The predicted octanol–water partition coefficient (Wildman–Crippen LogP) is 4.29. The number of benzene rings is 1. The van der Waals surface area contributed by atoms with Gasteiger partial charge in [-0.05, 0) is 43.2 Å². The maximum atomic E-state index is 12.7. The van der Waals surface area contributed by atoms with Crippen LogP contribution in [-0.4, -0.2) is 18.0 Å². The summed E-state index contributed by atoms with van der Waals surface area (Å²) in [5.74, 6) is 0.0832. The lowest BCUT2D eigenvalue weighted by Crippen LogP contribution is -2.38. The highest BCUT2D eigenvalue weighted by atomic mass is 32.1. The van der Waals surface area contributed by atoms with Crippen molar-refractivity contribution in [1.29, 1.82) is 0 Å². The van der Waals surface area contributed by atoms with E-state index in [-0.39, 0.29) is 5.78 Å². The first-order valence-corrected chi connectivity index (χ1v) is 7.15. The Morgan fingerprint density at radius 3 is 2.78 bits per heavy atom. The Labute approximate surface area is 112 Å². The molecule has 1 atom stereocenters. The monoisotopic (exact) mass is 262 g/mol. The summed E-state index contributed by atoms with van der Waals surface area (Å²) in [5.41, 5.74) is 0.0628. The van der Waals surface area contributed by atoms with Gasteiger partial charge in [0.1, 0.15) is 5.60 Å². The van der Waals surface area contributed by atoms with Crippen LogP contribution in [-0.2, 0) is 4.74 Å². The van der Waals surface area contributed by atoms with Crippen LogP contribution in [0.3, 0.4) is 0 Å². The number of carbonyl (C=O) groups excluding carboxylic acids is 1. The smallest absolute Gasteiger partial charge is 0.195 e. The van der Waals surface area contributed by atoms with Gasteiger partial charge in [0.25, 0.3) is 0 Å². The van der Waals surface area contributed by atoms with Crippen molar-refractivity contribution >= 4 is 27.2 Å². The normalized spacial score (nSPS) is 14.6. The van der Waals surface area contributed by atoms with Crippen LogP contribution in [0.25, 0.3) is 10.1 Å². The van der Waals surface area contributed by atoms with Crippen molar-refractivity contribution in [2.45, 2.75) is 32.8 Å². The number of fused-ring (bicyclic) bond motifs is 1. The summed E-state index contributed by atoms with van der Waals surface area (Å²) in [7, 11) is 0. The highest BCUT2D eigenvalue weighted by Crippen LogP contribution is 2.29. The van der Waals surface area contributed by atoms with E-state index >= 15 is 0 Å². The first-order valence-electron chi connectivity index (χ1n) is 6.27. The number of carbonyl (C=O) groups is 1. The number of ketones is 1. The molecule has 0 radical (unpaired) electrons. The minimum Gasteiger partial charge on any atom is -0.367 e. The molecule has 0 aliphatic rings. The Morgan fingerprint density at radius 2 is 2.11 bits per heavy atom. The molecule has 96 valence electrons. The van der Waals surface area contributed by atoms with Crippen molar-refractivity contribution < 1.29 is 9.53 Å². The first-order chi connectivity index (χ1) is 8.62. The van der Waals surface area contributed by atoms with Gasteiger partial charge in [-0.1, -0.05) is 19.1 Å². The summed E-state index contributed by atoms with van der Waals surface area (Å²) in [5, 5.41) is 3.14. The van der Waals surface area contributed by atoms with Crippen molar-refractivity contribution in [2.75, 3.05) is 6.61 Å². The molecule has 0 N–H and O–H groups in total. The highest BCUT2D eigenvalue weighted by Gasteiger charge is 2.33. The van der Waals surface area contributed by atoms with E-state index in [2.05, 4.69) is 0 Å². The quantitative estimate of drug-likeness (QED) is 0.751. The average Bonchev–Trinajstić information content (AvgIpc) is 2.86. The fourth-order valence-corrected chi connectivity index (χ4v) is 3.01. The van der Waals surface area contributed by atoms with Crippen molar-refractivity contribution in [3.05, 3.63) is 35.2 Å². The van der Waals surface area contributed by atoms with E-state index in [0.29, 0.717) is 13.0 Å². The van der Waals surface area contributed by atoms with Crippen LogP contribution in [0.15, 0.2) is 29.6 Å². The van der Waals surface area contributed by atoms with Crippen LogP contribution in [0.2, 0.25) is 0 Å². The Hall–Kier alpha value is -1.19. The molecule has 3 heteroatoms. The topological polar surface area (TPSA) is 26.3 Å². The van der Waals surface area contributed by atoms with Gasteiger partial charge < -0.3 is 4.74 Å². The molecule has 1 heterocycles. The summed E-state index contributed by atoms with van der Waals surface area (Å²) >= 11 is 1.61. The molecule has 1 unspecified atom stereocenters. The molecule has 0 aliphatic carbocycles. The van der Waals surface area contributed by atoms with Gasteiger partial charge in [0, 0.05) is 16.9 Å². The number of hydrogen-bond donors (Lipinski definition) is 0. The summed E-state index contributed by atoms with van der Waals surface area (Å²) in [6, 6.07) is 7.91. The number of thiophene rings is 1. The lowest BCUT2D eigenvalue weighted by atomic mass is 9.91. The standard InChI is InChI=1S/C15H18O2S/c1-4-15(3,17-5-2)14(16)12-8-6-7-11-9-10-18-13(11)12/h6-10H,4-5H2,1-3H3. The molecule has 0 saturated heterocycles. The molecule has 1 aromatic carbocycles. The van der Waals surface area contributed by atoms with Crippen molar-refractivity contribution in [3.8, 4) is 0 Å².